The monoisotopic (exact) mass is 219 g/mol. The Morgan fingerprint density at radius 3 is 2.79 bits per heavy atom. The van der Waals surface area contributed by atoms with E-state index in [2.05, 4.69) is 5.32 Å². The van der Waals surface area contributed by atoms with Crippen LogP contribution in [0.5, 0.6) is 0 Å². The average Bonchev–Trinajstić information content (AvgIpc) is 2.31. The third-order valence-corrected chi connectivity index (χ3v) is 2.27. The molecule has 0 radical (unpaired) electrons. The summed E-state index contributed by atoms with van der Waals surface area (Å²) < 4.78 is 10.6. The minimum absolute atomic E-state index is 0. The lowest BCUT2D eigenvalue weighted by atomic mass is 10.1. The molecule has 0 aromatic carbocycles. The summed E-state index contributed by atoms with van der Waals surface area (Å²) in [6.45, 7) is 3.07. The van der Waals surface area contributed by atoms with Gasteiger partial charge in [0.25, 0.3) is 5.91 Å². The third kappa shape index (κ3) is 2.80. The van der Waals surface area contributed by atoms with Gasteiger partial charge in [0.15, 0.2) is 0 Å². The van der Waals surface area contributed by atoms with Crippen LogP contribution < -0.4 is 5.32 Å². The highest BCUT2D eigenvalue weighted by Gasteiger charge is 2.40. The first-order valence-corrected chi connectivity index (χ1v) is 4.72. The first-order chi connectivity index (χ1) is 6.25. The van der Waals surface area contributed by atoms with E-state index in [1.165, 1.54) is 7.11 Å². The fraction of sp³-hybridized carbons (Fsp3) is 0.889. The summed E-state index contributed by atoms with van der Waals surface area (Å²) in [5.74, 6) is -1.18. The van der Waals surface area contributed by atoms with Crippen LogP contribution in [0.1, 0.15) is 26.2 Å². The van der Waals surface area contributed by atoms with Gasteiger partial charge in [-0.05, 0) is 30.7 Å². The van der Waals surface area contributed by atoms with Crippen LogP contribution in [0.2, 0.25) is 0 Å². The molecule has 1 atom stereocenters. The number of hydrogen-bond donors (Lipinski definition) is 1. The molecule has 5 heteroatoms. The van der Waals surface area contributed by atoms with Crippen LogP contribution in [0.15, 0.2) is 0 Å². The zero-order valence-electron chi connectivity index (χ0n) is 8.26. The SMILES string of the molecule is CCOC1(OC)CCCCNC1=O.[SiH4]. The summed E-state index contributed by atoms with van der Waals surface area (Å²) in [4.78, 5) is 11.6. The zero-order chi connectivity index (χ0) is 9.73. The van der Waals surface area contributed by atoms with Crippen LogP contribution in [0.25, 0.3) is 0 Å². The largest absolute Gasteiger partial charge is 0.351 e. The molecule has 1 N–H and O–H groups in total. The molecule has 14 heavy (non-hydrogen) atoms. The standard InChI is InChI=1S/C9H17NO3.H4Si/c1-3-13-9(12-2)6-4-5-7-10-8(9)11;/h3-7H2,1-2H3,(H,10,11);1H4. The van der Waals surface area contributed by atoms with Crippen LogP contribution in [-0.2, 0) is 14.3 Å². The van der Waals surface area contributed by atoms with Crippen LogP contribution in [0, 0.1) is 0 Å². The highest BCUT2D eigenvalue weighted by atomic mass is 28.1. The van der Waals surface area contributed by atoms with Crippen LogP contribution in [0.4, 0.5) is 0 Å². The molecule has 0 bridgehead atoms. The van der Waals surface area contributed by atoms with Crippen molar-refractivity contribution in [3.63, 3.8) is 0 Å². The van der Waals surface area contributed by atoms with Gasteiger partial charge in [-0.3, -0.25) is 4.79 Å². The Morgan fingerprint density at radius 2 is 2.21 bits per heavy atom. The fourth-order valence-electron chi connectivity index (χ4n) is 1.56. The van der Waals surface area contributed by atoms with Gasteiger partial charge in [-0.1, -0.05) is 0 Å². The van der Waals surface area contributed by atoms with Gasteiger partial charge in [-0.25, -0.2) is 0 Å². The fourth-order valence-corrected chi connectivity index (χ4v) is 1.56. The molecular formula is C9H21NO3Si. The van der Waals surface area contributed by atoms with E-state index in [0.717, 1.165) is 19.4 Å². The third-order valence-electron chi connectivity index (χ3n) is 2.27. The van der Waals surface area contributed by atoms with Gasteiger partial charge in [0.2, 0.25) is 5.79 Å². The van der Waals surface area contributed by atoms with Crippen molar-refractivity contribution in [2.75, 3.05) is 20.3 Å². The summed E-state index contributed by atoms with van der Waals surface area (Å²) in [6.07, 6.45) is 2.58. The Morgan fingerprint density at radius 1 is 1.50 bits per heavy atom. The van der Waals surface area contributed by atoms with Crippen molar-refractivity contribution in [1.29, 1.82) is 0 Å². The number of ether oxygens (including phenoxy) is 2. The van der Waals surface area contributed by atoms with Gasteiger partial charge in [0.1, 0.15) is 0 Å². The molecule has 1 heterocycles. The molecule has 1 amide bonds. The molecule has 84 valence electrons. The van der Waals surface area contributed by atoms with E-state index < -0.39 is 5.79 Å². The Kier molecular flexibility index (Phi) is 5.99. The van der Waals surface area contributed by atoms with E-state index >= 15 is 0 Å². The van der Waals surface area contributed by atoms with Crippen molar-refractivity contribution < 1.29 is 14.3 Å². The van der Waals surface area contributed by atoms with Crippen molar-refractivity contribution in [3.8, 4) is 0 Å². The van der Waals surface area contributed by atoms with E-state index in [1.54, 1.807) is 0 Å². The van der Waals surface area contributed by atoms with Crippen LogP contribution in [0.3, 0.4) is 0 Å². The second-order valence-electron chi connectivity index (χ2n) is 3.10. The lowest BCUT2D eigenvalue weighted by molar-refractivity contribution is -0.220. The topological polar surface area (TPSA) is 47.6 Å². The molecule has 1 saturated heterocycles. The van der Waals surface area contributed by atoms with Crippen molar-refractivity contribution in [1.82, 2.24) is 5.32 Å². The van der Waals surface area contributed by atoms with Gasteiger partial charge in [-0.2, -0.15) is 0 Å². The number of rotatable bonds is 3. The molecule has 0 aromatic rings. The maximum absolute atomic E-state index is 11.6. The predicted molar refractivity (Wildman–Crippen MR) is 59.6 cm³/mol. The van der Waals surface area contributed by atoms with Crippen molar-refractivity contribution in [3.05, 3.63) is 0 Å². The van der Waals surface area contributed by atoms with E-state index in [4.69, 9.17) is 9.47 Å². The summed E-state index contributed by atoms with van der Waals surface area (Å²) in [6, 6.07) is 0. The van der Waals surface area contributed by atoms with Crippen molar-refractivity contribution in [2.24, 2.45) is 0 Å². The second-order valence-corrected chi connectivity index (χ2v) is 3.10. The van der Waals surface area contributed by atoms with Crippen LogP contribution >= 0.6 is 0 Å². The lowest BCUT2D eigenvalue weighted by Crippen LogP contribution is -2.49. The quantitative estimate of drug-likeness (QED) is 0.500. The first-order valence-electron chi connectivity index (χ1n) is 4.72. The minimum Gasteiger partial charge on any atom is -0.351 e. The Balaban J connectivity index is 0.00000169. The van der Waals surface area contributed by atoms with Crippen LogP contribution in [-0.4, -0.2) is 42.9 Å². The maximum atomic E-state index is 11.6. The highest BCUT2D eigenvalue weighted by Crippen LogP contribution is 2.22. The highest BCUT2D eigenvalue weighted by molar-refractivity contribution is 5.83. The summed E-state index contributed by atoms with van der Waals surface area (Å²) in [7, 11) is 1.51. The van der Waals surface area contributed by atoms with E-state index in [0.29, 0.717) is 13.0 Å². The van der Waals surface area contributed by atoms with Crippen molar-refractivity contribution >= 4 is 16.9 Å². The zero-order valence-corrected chi connectivity index (χ0v) is 8.26. The van der Waals surface area contributed by atoms with Gasteiger partial charge in [0.05, 0.1) is 0 Å². The first kappa shape index (κ1) is 13.6. The number of hydrogen-bond acceptors (Lipinski definition) is 3. The number of amides is 1. The normalized spacial score (nSPS) is 27.4. The van der Waals surface area contributed by atoms with Gasteiger partial charge < -0.3 is 14.8 Å². The molecule has 0 aromatic heterocycles. The average molecular weight is 219 g/mol. The molecule has 1 unspecified atom stereocenters. The number of carbonyl (C=O) groups excluding carboxylic acids is 1. The van der Waals surface area contributed by atoms with Gasteiger partial charge in [0, 0.05) is 26.7 Å². The summed E-state index contributed by atoms with van der Waals surface area (Å²) >= 11 is 0. The minimum atomic E-state index is -1.04. The van der Waals surface area contributed by atoms with E-state index in [1.807, 2.05) is 6.92 Å². The van der Waals surface area contributed by atoms with E-state index in [9.17, 15) is 4.79 Å². The van der Waals surface area contributed by atoms with Crippen molar-refractivity contribution in [2.45, 2.75) is 32.0 Å². The summed E-state index contributed by atoms with van der Waals surface area (Å²) in [5.41, 5.74) is 0. The molecule has 1 aliphatic rings. The Bertz CT molecular complexity index is 189. The predicted octanol–water partition coefficient (Wildman–Crippen LogP) is -0.786. The van der Waals surface area contributed by atoms with Gasteiger partial charge in [-0.15, -0.1) is 0 Å². The molecular weight excluding hydrogens is 198 g/mol. The summed E-state index contributed by atoms with van der Waals surface area (Å²) in [5, 5.41) is 2.78. The number of carbonyl (C=O) groups is 1. The molecule has 1 fully saturated rings. The lowest BCUT2D eigenvalue weighted by Gasteiger charge is -2.28. The second kappa shape index (κ2) is 6.16. The molecule has 1 aliphatic heterocycles. The molecule has 4 nitrogen and oxygen atoms in total. The molecule has 0 aliphatic carbocycles. The maximum Gasteiger partial charge on any atom is 0.280 e. The molecule has 0 saturated carbocycles. The smallest absolute Gasteiger partial charge is 0.280 e. The number of methoxy groups -OCH3 is 1. The molecule has 0 spiro atoms. The number of nitrogens with one attached hydrogen (secondary N) is 1. The Labute approximate surface area is 89.4 Å². The van der Waals surface area contributed by atoms with Gasteiger partial charge >= 0.3 is 0 Å². The Hall–Kier alpha value is -0.393. The molecule has 1 rings (SSSR count). The van der Waals surface area contributed by atoms with E-state index in [-0.39, 0.29) is 16.9 Å².